The van der Waals surface area contributed by atoms with Crippen LogP contribution in [0.1, 0.15) is 90.5 Å². The number of fused-ring (bicyclic) bond motifs is 6. The Morgan fingerprint density at radius 1 is 0.556 bits per heavy atom. The Bertz CT molecular complexity index is 2850. The predicted octanol–water partition coefficient (Wildman–Crippen LogP) is 8.18. The van der Waals surface area contributed by atoms with E-state index in [1.807, 2.05) is 0 Å². The third-order valence-electron chi connectivity index (χ3n) is 13.1. The number of ether oxygens (including phenoxy) is 2. The molecule has 6 aromatic rings. The van der Waals surface area contributed by atoms with Crippen molar-refractivity contribution in [2.45, 2.75) is 114 Å². The molecule has 2 aliphatic rings. The Morgan fingerprint density at radius 3 is 1.19 bits per heavy atom. The number of nitrogens with zero attached hydrogens (tertiary/aromatic N) is 4. The molecular formula is C52H56F6N6O8. The van der Waals surface area contributed by atoms with Gasteiger partial charge >= 0.3 is 12.4 Å². The molecule has 0 radical (unpaired) electrons. The van der Waals surface area contributed by atoms with Gasteiger partial charge in [0.25, 0.3) is 0 Å². The van der Waals surface area contributed by atoms with E-state index in [0.717, 1.165) is 0 Å². The lowest BCUT2D eigenvalue weighted by Gasteiger charge is -2.29. The second-order valence-electron chi connectivity index (χ2n) is 20.3. The lowest BCUT2D eigenvalue weighted by Crippen LogP contribution is -2.41. The number of nitrogens with two attached hydrogens (primary N) is 2. The van der Waals surface area contributed by atoms with Crippen LogP contribution in [0.3, 0.4) is 0 Å². The van der Waals surface area contributed by atoms with Gasteiger partial charge in [0.1, 0.15) is 22.6 Å². The van der Waals surface area contributed by atoms with Crippen LogP contribution in [-0.2, 0) is 31.9 Å². The van der Waals surface area contributed by atoms with E-state index in [1.54, 1.807) is 79.7 Å². The first kappa shape index (κ1) is 53.1. The van der Waals surface area contributed by atoms with Crippen LogP contribution in [0.2, 0.25) is 0 Å². The topological polar surface area (TPSA) is 221 Å². The zero-order chi connectivity index (χ0) is 53.4. The zero-order valence-corrected chi connectivity index (χ0v) is 40.7. The van der Waals surface area contributed by atoms with Crippen LogP contribution in [0.15, 0.2) is 97.6 Å². The number of carbonyl (C=O) groups is 2. The summed E-state index contributed by atoms with van der Waals surface area (Å²) in [7, 11) is 0. The maximum atomic E-state index is 14.4. The summed E-state index contributed by atoms with van der Waals surface area (Å²) >= 11 is 0. The fourth-order valence-corrected chi connectivity index (χ4v) is 8.54. The van der Waals surface area contributed by atoms with Crippen LogP contribution in [0.5, 0.6) is 11.5 Å². The van der Waals surface area contributed by atoms with Crippen LogP contribution in [0.25, 0.3) is 44.5 Å². The second kappa shape index (κ2) is 18.1. The molecule has 20 heteroatoms. The van der Waals surface area contributed by atoms with Crippen molar-refractivity contribution < 1.29 is 65.8 Å². The molecule has 0 bridgehead atoms. The first-order valence-corrected chi connectivity index (χ1v) is 22.7. The quantitative estimate of drug-likeness (QED) is 0.0575. The zero-order valence-electron chi connectivity index (χ0n) is 40.7. The normalized spacial score (nSPS) is 17.6. The Labute approximate surface area is 410 Å². The molecule has 8 N–H and O–H groups in total. The predicted molar refractivity (Wildman–Crippen MR) is 254 cm³/mol. The summed E-state index contributed by atoms with van der Waals surface area (Å²) < 4.78 is 101. The minimum Gasteiger partial charge on any atom is -0.493 e. The van der Waals surface area contributed by atoms with Crippen molar-refractivity contribution >= 4 is 11.8 Å². The van der Waals surface area contributed by atoms with Gasteiger partial charge in [0.05, 0.1) is 36.8 Å². The van der Waals surface area contributed by atoms with Gasteiger partial charge in [-0.2, -0.15) is 36.5 Å². The van der Waals surface area contributed by atoms with E-state index in [1.165, 1.54) is 82.7 Å². The molecule has 2 amide bonds. The van der Waals surface area contributed by atoms with Gasteiger partial charge in [0.15, 0.2) is 0 Å². The minimum absolute atomic E-state index is 0.0348. The van der Waals surface area contributed by atoms with Crippen molar-refractivity contribution in [2.75, 3.05) is 13.2 Å². The fraction of sp³-hybridized carbons (Fsp3) is 0.385. The number of primary amides is 2. The van der Waals surface area contributed by atoms with E-state index < -0.39 is 57.6 Å². The van der Waals surface area contributed by atoms with Gasteiger partial charge in [-0.3, -0.25) is 19.0 Å². The summed E-state index contributed by atoms with van der Waals surface area (Å²) in [6.07, 6.45) is -3.68. The maximum absolute atomic E-state index is 14.4. The van der Waals surface area contributed by atoms with Crippen LogP contribution >= 0.6 is 0 Å². The minimum atomic E-state index is -5.02. The van der Waals surface area contributed by atoms with Gasteiger partial charge in [-0.15, -0.1) is 0 Å². The molecule has 0 saturated carbocycles. The number of rotatable bonds is 14. The van der Waals surface area contributed by atoms with Crippen molar-refractivity contribution in [3.63, 3.8) is 0 Å². The molecule has 72 heavy (non-hydrogen) atoms. The first-order valence-electron chi connectivity index (χ1n) is 22.7. The monoisotopic (exact) mass is 1010 g/mol. The molecule has 0 unspecified atom stereocenters. The van der Waals surface area contributed by atoms with E-state index in [-0.39, 0.29) is 82.1 Å². The number of amides is 2. The van der Waals surface area contributed by atoms with Gasteiger partial charge in [0.2, 0.25) is 23.0 Å². The highest BCUT2D eigenvalue weighted by molar-refractivity contribution is 5.95. The lowest BCUT2D eigenvalue weighted by atomic mass is 9.89. The van der Waals surface area contributed by atoms with Gasteiger partial charge in [0, 0.05) is 58.6 Å². The number of hydrogen-bond acceptors (Lipinski definition) is 10. The molecular weight excluding hydrogens is 951 g/mol. The molecule has 0 spiro atoms. The van der Waals surface area contributed by atoms with E-state index in [4.69, 9.17) is 20.9 Å². The highest BCUT2D eigenvalue weighted by Crippen LogP contribution is 2.60. The molecule has 2 heterocycles. The average molecular weight is 1010 g/mol. The number of aliphatic hydroxyl groups is 4. The molecule has 14 nitrogen and oxygen atoms in total. The summed E-state index contributed by atoms with van der Waals surface area (Å²) in [4.78, 5) is 23.9. The maximum Gasteiger partial charge on any atom is 0.425 e. The molecule has 2 atom stereocenters. The smallest absolute Gasteiger partial charge is 0.425 e. The van der Waals surface area contributed by atoms with Gasteiger partial charge < -0.3 is 41.4 Å². The number of alkyl halides is 6. The van der Waals surface area contributed by atoms with E-state index in [2.05, 4.69) is 10.2 Å². The Morgan fingerprint density at radius 2 is 0.889 bits per heavy atom. The molecule has 0 aliphatic heterocycles. The Balaban J connectivity index is 0.000000211. The van der Waals surface area contributed by atoms with Crippen molar-refractivity contribution in [1.29, 1.82) is 0 Å². The summed E-state index contributed by atoms with van der Waals surface area (Å²) in [5.41, 5.74) is 1.08. The third-order valence-corrected chi connectivity index (χ3v) is 13.1. The fourth-order valence-electron chi connectivity index (χ4n) is 8.54. The Kier molecular flexibility index (Phi) is 13.3. The van der Waals surface area contributed by atoms with Crippen LogP contribution in [-0.4, -0.2) is 88.6 Å². The SMILES string of the molecule is CC(C)(O)CCOc1cc(-c2cnn(C(C)(C)C(N)=O)c2)c2c(c1)[C@@](O)(C(F)(F)F)c1ccccc1-2.CC(C)(O)CCOc1cc(-c2cnn(C(C)(C)C(N)=O)c2)c2c(c1)[C@@](O)(C(F)(F)F)c1ccccc1-2. The molecule has 4 aromatic carbocycles. The van der Waals surface area contributed by atoms with Crippen molar-refractivity contribution in [3.8, 4) is 56.0 Å². The summed E-state index contributed by atoms with van der Waals surface area (Å²) in [6.45, 7) is 12.7. The van der Waals surface area contributed by atoms with Gasteiger partial charge in [-0.25, -0.2) is 0 Å². The number of halogens is 6. The van der Waals surface area contributed by atoms with E-state index in [0.29, 0.717) is 22.3 Å². The van der Waals surface area contributed by atoms with Gasteiger partial charge in [-0.1, -0.05) is 48.5 Å². The highest BCUT2D eigenvalue weighted by Gasteiger charge is 2.62. The van der Waals surface area contributed by atoms with Crippen molar-refractivity contribution in [2.24, 2.45) is 11.5 Å². The third kappa shape index (κ3) is 9.43. The molecule has 2 aromatic heterocycles. The van der Waals surface area contributed by atoms with Crippen LogP contribution in [0, 0.1) is 0 Å². The number of carbonyl (C=O) groups excluding carboxylic acids is 2. The number of benzene rings is 4. The van der Waals surface area contributed by atoms with Crippen molar-refractivity contribution in [1.82, 2.24) is 19.6 Å². The molecule has 0 fully saturated rings. The first-order chi connectivity index (χ1) is 33.1. The summed E-state index contributed by atoms with van der Waals surface area (Å²) in [6, 6.07) is 17.1. The average Bonchev–Trinajstić information content (AvgIpc) is 4.07. The molecule has 2 aliphatic carbocycles. The van der Waals surface area contributed by atoms with Crippen LogP contribution in [0.4, 0.5) is 26.3 Å². The summed E-state index contributed by atoms with van der Waals surface area (Å²) in [5.74, 6) is -1.10. The largest absolute Gasteiger partial charge is 0.493 e. The molecule has 0 saturated heterocycles. The standard InChI is InChI=1S/2C26H28F3N3O4/c2*1-23(2,34)9-10-36-16-11-18(15-13-31-32(14-15)24(3,4)22(30)33)21-17-7-5-6-8-19(17)25(35,20(21)12-16)26(27,28)29/h2*5-8,11-14,34-35H,9-10H2,1-4H3,(H2,30,33)/t2*25-/m11/s1. The van der Waals surface area contributed by atoms with Crippen LogP contribution < -0.4 is 20.9 Å². The summed E-state index contributed by atoms with van der Waals surface area (Å²) in [5, 5.41) is 50.8. The number of hydrogen-bond donors (Lipinski definition) is 6. The molecule has 8 rings (SSSR count). The lowest BCUT2D eigenvalue weighted by molar-refractivity contribution is -0.247. The van der Waals surface area contributed by atoms with Gasteiger partial charge in [-0.05, 0) is 113 Å². The second-order valence-corrected chi connectivity index (χ2v) is 20.3. The Hall–Kier alpha value is -6.74. The van der Waals surface area contributed by atoms with E-state index >= 15 is 0 Å². The number of aromatic nitrogens is 4. The highest BCUT2D eigenvalue weighted by atomic mass is 19.4. The van der Waals surface area contributed by atoms with E-state index in [9.17, 15) is 56.4 Å². The molecule has 384 valence electrons. The van der Waals surface area contributed by atoms with Crippen molar-refractivity contribution in [3.05, 3.63) is 120 Å².